The molecule has 1 aromatic carbocycles. The van der Waals surface area contributed by atoms with Crippen molar-refractivity contribution in [3.8, 4) is 17.6 Å². The molecule has 1 aromatic rings. The topological polar surface area (TPSA) is 20.2 Å². The lowest BCUT2D eigenvalue weighted by Gasteiger charge is -2.07. The molecule has 0 aromatic heterocycles. The van der Waals surface area contributed by atoms with E-state index in [1.54, 1.807) is 12.1 Å². The third kappa shape index (κ3) is 3.14. The molecule has 0 aliphatic carbocycles. The highest BCUT2D eigenvalue weighted by Gasteiger charge is 2.02. The Morgan fingerprint density at radius 1 is 1.21 bits per heavy atom. The Hall–Kier alpha value is -1.42. The van der Waals surface area contributed by atoms with Gasteiger partial charge >= 0.3 is 0 Å². The fraction of sp³-hybridized carbons (Fsp3) is 0.385. The number of aromatic hydroxyl groups is 1. The summed E-state index contributed by atoms with van der Waals surface area (Å²) in [5, 5.41) is 9.12. The molecule has 1 nitrogen and oxygen atoms in total. The number of hydrogen-bond acceptors (Lipinski definition) is 1. The van der Waals surface area contributed by atoms with Crippen LogP contribution in [0.5, 0.6) is 5.75 Å². The van der Waals surface area contributed by atoms with Crippen LogP contribution < -0.4 is 0 Å². The minimum absolute atomic E-state index is 0.320. The van der Waals surface area contributed by atoms with Crippen LogP contribution in [-0.2, 0) is 0 Å². The average Bonchev–Trinajstić information content (AvgIpc) is 2.19. The van der Waals surface area contributed by atoms with Gasteiger partial charge in [0.1, 0.15) is 5.75 Å². The van der Waals surface area contributed by atoms with Crippen LogP contribution in [0.15, 0.2) is 24.3 Å². The Kier molecular flexibility index (Phi) is 4.07. The first-order valence-electron chi connectivity index (χ1n) is 4.98. The van der Waals surface area contributed by atoms with Crippen molar-refractivity contribution in [2.24, 2.45) is 0 Å². The van der Waals surface area contributed by atoms with Gasteiger partial charge in [-0.25, -0.2) is 0 Å². The second kappa shape index (κ2) is 5.34. The SMILES string of the molecule is CCC#CCC(C)c1ccc(O)cc1. The Morgan fingerprint density at radius 2 is 1.86 bits per heavy atom. The molecule has 0 aliphatic heterocycles. The fourth-order valence-electron chi connectivity index (χ4n) is 1.27. The van der Waals surface area contributed by atoms with Gasteiger partial charge in [0.2, 0.25) is 0 Å². The van der Waals surface area contributed by atoms with E-state index in [1.165, 1.54) is 5.56 Å². The Labute approximate surface area is 85.8 Å². The third-order valence-electron chi connectivity index (χ3n) is 2.17. The van der Waals surface area contributed by atoms with Gasteiger partial charge in [0, 0.05) is 12.8 Å². The standard InChI is InChI=1S/C13H16O/c1-3-4-5-6-11(2)12-7-9-13(14)10-8-12/h7-11,14H,3,6H2,1-2H3. The number of phenols is 1. The summed E-state index contributed by atoms with van der Waals surface area (Å²) in [6.45, 7) is 4.20. The van der Waals surface area contributed by atoms with E-state index in [4.69, 9.17) is 5.11 Å². The lowest BCUT2D eigenvalue weighted by molar-refractivity contribution is 0.475. The lowest BCUT2D eigenvalue weighted by Crippen LogP contribution is -1.90. The summed E-state index contributed by atoms with van der Waals surface area (Å²) in [5.41, 5.74) is 1.23. The molecule has 0 amide bonds. The third-order valence-corrected chi connectivity index (χ3v) is 2.17. The van der Waals surface area contributed by atoms with Crippen LogP contribution in [-0.4, -0.2) is 5.11 Å². The van der Waals surface area contributed by atoms with Crippen LogP contribution in [0.3, 0.4) is 0 Å². The summed E-state index contributed by atoms with van der Waals surface area (Å²) in [6, 6.07) is 7.35. The monoisotopic (exact) mass is 188 g/mol. The van der Waals surface area contributed by atoms with E-state index in [9.17, 15) is 0 Å². The van der Waals surface area contributed by atoms with E-state index >= 15 is 0 Å². The molecule has 1 N–H and O–H groups in total. The zero-order valence-corrected chi connectivity index (χ0v) is 8.75. The highest BCUT2D eigenvalue weighted by atomic mass is 16.3. The normalized spacial score (nSPS) is 11.6. The molecule has 0 spiro atoms. The minimum atomic E-state index is 0.320. The van der Waals surface area contributed by atoms with Gasteiger partial charge in [-0.1, -0.05) is 26.0 Å². The van der Waals surface area contributed by atoms with Crippen LogP contribution in [0.1, 0.15) is 38.2 Å². The molecule has 1 unspecified atom stereocenters. The van der Waals surface area contributed by atoms with Gasteiger partial charge in [0.15, 0.2) is 0 Å². The van der Waals surface area contributed by atoms with Crippen molar-refractivity contribution in [2.45, 2.75) is 32.6 Å². The maximum absolute atomic E-state index is 9.12. The molecule has 0 fully saturated rings. The van der Waals surface area contributed by atoms with Gasteiger partial charge < -0.3 is 5.11 Å². The predicted octanol–water partition coefficient (Wildman–Crippen LogP) is 3.30. The Balaban J connectivity index is 2.60. The maximum Gasteiger partial charge on any atom is 0.115 e. The van der Waals surface area contributed by atoms with Gasteiger partial charge in [0.25, 0.3) is 0 Å². The molecular weight excluding hydrogens is 172 g/mol. The molecule has 14 heavy (non-hydrogen) atoms. The van der Waals surface area contributed by atoms with Crippen LogP contribution in [0, 0.1) is 11.8 Å². The molecule has 1 rings (SSSR count). The smallest absolute Gasteiger partial charge is 0.115 e. The van der Waals surface area contributed by atoms with Crippen LogP contribution >= 0.6 is 0 Å². The first kappa shape index (κ1) is 10.7. The highest BCUT2D eigenvalue weighted by molar-refractivity contribution is 5.28. The summed E-state index contributed by atoms with van der Waals surface area (Å²) in [4.78, 5) is 0. The summed E-state index contributed by atoms with van der Waals surface area (Å²) < 4.78 is 0. The molecule has 0 radical (unpaired) electrons. The number of phenolic OH excluding ortho intramolecular Hbond substituents is 1. The molecular formula is C13H16O. The van der Waals surface area contributed by atoms with Crippen LogP contribution in [0.25, 0.3) is 0 Å². The molecule has 0 aliphatic rings. The van der Waals surface area contributed by atoms with E-state index in [1.807, 2.05) is 12.1 Å². The largest absolute Gasteiger partial charge is 0.508 e. The van der Waals surface area contributed by atoms with E-state index in [2.05, 4.69) is 25.7 Å². The zero-order chi connectivity index (χ0) is 10.4. The summed E-state index contributed by atoms with van der Waals surface area (Å²) >= 11 is 0. The molecule has 0 saturated heterocycles. The van der Waals surface area contributed by atoms with E-state index in [0.717, 1.165) is 12.8 Å². The van der Waals surface area contributed by atoms with Crippen molar-refractivity contribution in [2.75, 3.05) is 0 Å². The van der Waals surface area contributed by atoms with E-state index in [0.29, 0.717) is 11.7 Å². The Morgan fingerprint density at radius 3 is 2.43 bits per heavy atom. The molecule has 74 valence electrons. The van der Waals surface area contributed by atoms with Crippen molar-refractivity contribution in [1.82, 2.24) is 0 Å². The van der Waals surface area contributed by atoms with Gasteiger partial charge in [-0.05, 0) is 23.6 Å². The number of rotatable bonds is 2. The van der Waals surface area contributed by atoms with E-state index in [-0.39, 0.29) is 0 Å². The molecule has 1 atom stereocenters. The molecule has 1 heteroatoms. The second-order valence-corrected chi connectivity index (χ2v) is 3.40. The number of benzene rings is 1. The van der Waals surface area contributed by atoms with Crippen molar-refractivity contribution in [3.63, 3.8) is 0 Å². The molecule has 0 bridgehead atoms. The van der Waals surface area contributed by atoms with Crippen molar-refractivity contribution in [3.05, 3.63) is 29.8 Å². The first-order chi connectivity index (χ1) is 6.74. The van der Waals surface area contributed by atoms with Crippen molar-refractivity contribution in [1.29, 1.82) is 0 Å². The summed E-state index contributed by atoms with van der Waals surface area (Å²) in [5.74, 6) is 6.96. The number of hydrogen-bond donors (Lipinski definition) is 1. The molecule has 0 saturated carbocycles. The van der Waals surface area contributed by atoms with Gasteiger partial charge in [-0.15, -0.1) is 11.8 Å². The average molecular weight is 188 g/mol. The van der Waals surface area contributed by atoms with Crippen LogP contribution in [0.4, 0.5) is 0 Å². The molecule has 0 heterocycles. The maximum atomic E-state index is 9.12. The van der Waals surface area contributed by atoms with Crippen molar-refractivity contribution >= 4 is 0 Å². The van der Waals surface area contributed by atoms with Gasteiger partial charge in [-0.2, -0.15) is 0 Å². The van der Waals surface area contributed by atoms with Gasteiger partial charge in [0.05, 0.1) is 0 Å². The minimum Gasteiger partial charge on any atom is -0.508 e. The van der Waals surface area contributed by atoms with E-state index < -0.39 is 0 Å². The highest BCUT2D eigenvalue weighted by Crippen LogP contribution is 2.20. The van der Waals surface area contributed by atoms with Crippen molar-refractivity contribution < 1.29 is 5.11 Å². The van der Waals surface area contributed by atoms with Gasteiger partial charge in [-0.3, -0.25) is 0 Å². The quantitative estimate of drug-likeness (QED) is 0.706. The predicted molar refractivity (Wildman–Crippen MR) is 59.2 cm³/mol. The lowest BCUT2D eigenvalue weighted by atomic mass is 9.98. The summed E-state index contributed by atoms with van der Waals surface area (Å²) in [6.07, 6.45) is 1.81. The first-order valence-corrected chi connectivity index (χ1v) is 4.98. The summed E-state index contributed by atoms with van der Waals surface area (Å²) in [7, 11) is 0. The Bertz CT molecular complexity index is 326. The fourth-order valence-corrected chi connectivity index (χ4v) is 1.27. The second-order valence-electron chi connectivity index (χ2n) is 3.40. The zero-order valence-electron chi connectivity index (χ0n) is 8.75. The van der Waals surface area contributed by atoms with Crippen LogP contribution in [0.2, 0.25) is 0 Å².